The number of fused-ring (bicyclic) bond motifs is 1. The summed E-state index contributed by atoms with van der Waals surface area (Å²) in [6.45, 7) is 0.464. The van der Waals surface area contributed by atoms with Crippen LogP contribution in [0.25, 0.3) is 16.9 Å². The SMILES string of the molecule is COc1cccc(NC(=O)CCNc2c(-c3ccccc3)nc3cnccn23)c1. The summed E-state index contributed by atoms with van der Waals surface area (Å²) in [6.07, 6.45) is 5.59. The molecule has 0 aliphatic heterocycles. The number of carbonyl (C=O) groups is 1. The number of rotatable bonds is 7. The smallest absolute Gasteiger partial charge is 0.226 e. The lowest BCUT2D eigenvalue weighted by Gasteiger charge is -2.10. The molecule has 7 heteroatoms. The Morgan fingerprint density at radius 2 is 2.00 bits per heavy atom. The Morgan fingerprint density at radius 3 is 2.83 bits per heavy atom. The number of hydrogen-bond acceptors (Lipinski definition) is 5. The number of nitrogens with one attached hydrogen (secondary N) is 2. The zero-order chi connectivity index (χ0) is 20.1. The zero-order valence-corrected chi connectivity index (χ0v) is 16.0. The zero-order valence-electron chi connectivity index (χ0n) is 16.0. The molecule has 0 spiro atoms. The minimum atomic E-state index is -0.0810. The molecule has 0 aliphatic rings. The van der Waals surface area contributed by atoms with Crippen LogP contribution in [0.1, 0.15) is 6.42 Å². The van der Waals surface area contributed by atoms with Crippen molar-refractivity contribution in [1.82, 2.24) is 14.4 Å². The largest absolute Gasteiger partial charge is 0.497 e. The van der Waals surface area contributed by atoms with Crippen LogP contribution in [0.2, 0.25) is 0 Å². The molecule has 0 atom stereocenters. The molecule has 0 radical (unpaired) electrons. The van der Waals surface area contributed by atoms with E-state index >= 15 is 0 Å². The Hall–Kier alpha value is -3.87. The summed E-state index contributed by atoms with van der Waals surface area (Å²) in [7, 11) is 1.60. The van der Waals surface area contributed by atoms with E-state index in [0.717, 1.165) is 22.7 Å². The van der Waals surface area contributed by atoms with E-state index in [1.807, 2.05) is 59.1 Å². The van der Waals surface area contributed by atoms with Crippen molar-refractivity contribution in [3.05, 3.63) is 73.2 Å². The fourth-order valence-electron chi connectivity index (χ4n) is 3.09. The van der Waals surface area contributed by atoms with Crippen LogP contribution in [0.5, 0.6) is 5.75 Å². The van der Waals surface area contributed by atoms with E-state index in [4.69, 9.17) is 9.72 Å². The van der Waals surface area contributed by atoms with Gasteiger partial charge in [0.1, 0.15) is 17.3 Å². The summed E-state index contributed by atoms with van der Waals surface area (Å²) in [5, 5.41) is 6.25. The number of amides is 1. The number of aromatic nitrogens is 3. The molecule has 1 amide bonds. The predicted molar refractivity (Wildman–Crippen MR) is 113 cm³/mol. The van der Waals surface area contributed by atoms with E-state index in [1.54, 1.807) is 25.6 Å². The lowest BCUT2D eigenvalue weighted by atomic mass is 10.1. The van der Waals surface area contributed by atoms with Crippen LogP contribution >= 0.6 is 0 Å². The highest BCUT2D eigenvalue weighted by atomic mass is 16.5. The molecule has 0 aliphatic carbocycles. The van der Waals surface area contributed by atoms with Crippen LogP contribution < -0.4 is 15.4 Å². The van der Waals surface area contributed by atoms with Gasteiger partial charge in [-0.2, -0.15) is 0 Å². The minimum absolute atomic E-state index is 0.0810. The molecule has 7 nitrogen and oxygen atoms in total. The molecule has 2 aromatic heterocycles. The number of nitrogens with zero attached hydrogens (tertiary/aromatic N) is 3. The number of ether oxygens (including phenoxy) is 1. The Labute approximate surface area is 168 Å². The lowest BCUT2D eigenvalue weighted by Crippen LogP contribution is -2.17. The topological polar surface area (TPSA) is 80.5 Å². The third kappa shape index (κ3) is 4.19. The van der Waals surface area contributed by atoms with E-state index in [2.05, 4.69) is 15.6 Å². The van der Waals surface area contributed by atoms with Gasteiger partial charge in [0.05, 0.1) is 13.3 Å². The molecular formula is C22H21N5O2. The Kier molecular flexibility index (Phi) is 5.38. The predicted octanol–water partition coefficient (Wildman–Crippen LogP) is 3.85. The average Bonchev–Trinajstić information content (AvgIpc) is 3.13. The van der Waals surface area contributed by atoms with Crippen molar-refractivity contribution in [2.75, 3.05) is 24.3 Å². The third-order valence-corrected chi connectivity index (χ3v) is 4.48. The first-order valence-electron chi connectivity index (χ1n) is 9.30. The first-order chi connectivity index (χ1) is 14.2. The molecule has 29 heavy (non-hydrogen) atoms. The molecular weight excluding hydrogens is 366 g/mol. The summed E-state index contributed by atoms with van der Waals surface area (Å²) >= 11 is 0. The van der Waals surface area contributed by atoms with Gasteiger partial charge >= 0.3 is 0 Å². The van der Waals surface area contributed by atoms with Crippen molar-refractivity contribution in [3.8, 4) is 17.0 Å². The van der Waals surface area contributed by atoms with Gasteiger partial charge in [0, 0.05) is 42.7 Å². The van der Waals surface area contributed by atoms with Crippen LogP contribution in [0.15, 0.2) is 73.2 Å². The number of carbonyl (C=O) groups excluding carboxylic acids is 1. The molecule has 146 valence electrons. The van der Waals surface area contributed by atoms with Gasteiger partial charge < -0.3 is 15.4 Å². The summed E-state index contributed by atoms with van der Waals surface area (Å²) in [6, 6.07) is 17.2. The van der Waals surface area contributed by atoms with Gasteiger partial charge in [-0.15, -0.1) is 0 Å². The van der Waals surface area contributed by atoms with Crippen LogP contribution in [0.3, 0.4) is 0 Å². The van der Waals surface area contributed by atoms with Gasteiger partial charge in [-0.1, -0.05) is 36.4 Å². The summed E-state index contributed by atoms with van der Waals surface area (Å²) in [5.41, 5.74) is 3.28. The first kappa shape index (κ1) is 18.5. The normalized spacial score (nSPS) is 10.7. The number of benzene rings is 2. The highest BCUT2D eigenvalue weighted by Crippen LogP contribution is 2.28. The van der Waals surface area contributed by atoms with Crippen LogP contribution in [0.4, 0.5) is 11.5 Å². The van der Waals surface area contributed by atoms with E-state index in [9.17, 15) is 4.79 Å². The maximum atomic E-state index is 12.3. The number of hydrogen-bond donors (Lipinski definition) is 2. The highest BCUT2D eigenvalue weighted by Gasteiger charge is 2.14. The Morgan fingerprint density at radius 1 is 1.14 bits per heavy atom. The first-order valence-corrected chi connectivity index (χ1v) is 9.30. The van der Waals surface area contributed by atoms with Crippen LogP contribution in [-0.4, -0.2) is 33.9 Å². The van der Waals surface area contributed by atoms with E-state index in [1.165, 1.54) is 0 Å². The average molecular weight is 387 g/mol. The van der Waals surface area contributed by atoms with E-state index in [-0.39, 0.29) is 5.91 Å². The molecule has 4 aromatic rings. The van der Waals surface area contributed by atoms with E-state index < -0.39 is 0 Å². The molecule has 0 fully saturated rings. The van der Waals surface area contributed by atoms with Crippen molar-refractivity contribution in [2.24, 2.45) is 0 Å². The van der Waals surface area contributed by atoms with Gasteiger partial charge in [-0.25, -0.2) is 4.98 Å². The summed E-state index contributed by atoms with van der Waals surface area (Å²) in [4.78, 5) is 21.2. The van der Waals surface area contributed by atoms with Crippen molar-refractivity contribution < 1.29 is 9.53 Å². The second-order valence-electron chi connectivity index (χ2n) is 6.44. The maximum Gasteiger partial charge on any atom is 0.226 e. The second-order valence-corrected chi connectivity index (χ2v) is 6.44. The minimum Gasteiger partial charge on any atom is -0.497 e. The van der Waals surface area contributed by atoms with Gasteiger partial charge in [-0.3, -0.25) is 14.2 Å². The summed E-state index contributed by atoms with van der Waals surface area (Å²) < 4.78 is 7.12. The Balaban J connectivity index is 1.47. The molecule has 2 aromatic carbocycles. The van der Waals surface area contributed by atoms with Gasteiger partial charge in [0.2, 0.25) is 5.91 Å². The lowest BCUT2D eigenvalue weighted by molar-refractivity contribution is -0.115. The number of methoxy groups -OCH3 is 1. The quantitative estimate of drug-likeness (QED) is 0.504. The van der Waals surface area contributed by atoms with Crippen LogP contribution in [0, 0.1) is 0 Å². The third-order valence-electron chi connectivity index (χ3n) is 4.48. The molecule has 0 bridgehead atoms. The maximum absolute atomic E-state index is 12.3. The van der Waals surface area contributed by atoms with Crippen molar-refractivity contribution >= 4 is 23.1 Å². The van der Waals surface area contributed by atoms with Gasteiger partial charge in [-0.05, 0) is 12.1 Å². The second kappa shape index (κ2) is 8.43. The molecule has 2 N–H and O–H groups in total. The van der Waals surface area contributed by atoms with Gasteiger partial charge in [0.25, 0.3) is 0 Å². The van der Waals surface area contributed by atoms with Crippen molar-refractivity contribution in [3.63, 3.8) is 0 Å². The van der Waals surface area contributed by atoms with E-state index in [0.29, 0.717) is 24.4 Å². The summed E-state index contributed by atoms with van der Waals surface area (Å²) in [5.74, 6) is 1.46. The number of anilines is 2. The monoisotopic (exact) mass is 387 g/mol. The Bertz CT molecular complexity index is 1120. The standard InChI is InChI=1S/C22H21N5O2/c1-29-18-9-5-8-17(14-18)25-20(28)10-11-24-22-21(16-6-3-2-4-7-16)26-19-15-23-12-13-27(19)22/h2-9,12-15,24H,10-11H2,1H3,(H,25,28). The van der Waals surface area contributed by atoms with Crippen LogP contribution in [-0.2, 0) is 4.79 Å². The highest BCUT2D eigenvalue weighted by molar-refractivity contribution is 5.91. The molecule has 2 heterocycles. The fourth-order valence-corrected chi connectivity index (χ4v) is 3.09. The van der Waals surface area contributed by atoms with Crippen molar-refractivity contribution in [2.45, 2.75) is 6.42 Å². The van der Waals surface area contributed by atoms with Crippen molar-refractivity contribution in [1.29, 1.82) is 0 Å². The molecule has 4 rings (SSSR count). The number of imidazole rings is 1. The molecule has 0 saturated heterocycles. The fraction of sp³-hybridized carbons (Fsp3) is 0.136. The molecule has 0 unspecified atom stereocenters. The molecule has 0 saturated carbocycles. The van der Waals surface area contributed by atoms with Gasteiger partial charge in [0.15, 0.2) is 5.65 Å².